The third-order valence-electron chi connectivity index (χ3n) is 2.86. The van der Waals surface area contributed by atoms with Crippen LogP contribution in [0, 0.1) is 5.92 Å². The molecule has 0 aromatic carbocycles. The van der Waals surface area contributed by atoms with Gasteiger partial charge in [-0.3, -0.25) is 14.5 Å². The lowest BCUT2D eigenvalue weighted by Crippen LogP contribution is -2.29. The number of carboxylic acid groups (broad SMARTS) is 1. The highest BCUT2D eigenvalue weighted by molar-refractivity contribution is 7.12. The van der Waals surface area contributed by atoms with E-state index in [9.17, 15) is 14.4 Å². The van der Waals surface area contributed by atoms with Crippen molar-refractivity contribution in [1.29, 1.82) is 0 Å². The molecule has 0 aliphatic carbocycles. The summed E-state index contributed by atoms with van der Waals surface area (Å²) in [6.45, 7) is 2.02. The first kappa shape index (κ1) is 13.5. The molecule has 1 aliphatic heterocycles. The maximum Gasteiger partial charge on any atom is 0.328 e. The minimum Gasteiger partial charge on any atom is -0.478 e. The first-order valence-electron chi connectivity index (χ1n) is 5.81. The van der Waals surface area contributed by atoms with Gasteiger partial charge in [0.1, 0.15) is 0 Å². The first-order valence-corrected chi connectivity index (χ1v) is 6.63. The van der Waals surface area contributed by atoms with Gasteiger partial charge in [-0.25, -0.2) is 4.79 Å². The van der Waals surface area contributed by atoms with Crippen LogP contribution in [0.4, 0.5) is 0 Å². The molecule has 1 saturated heterocycles. The number of rotatable bonds is 4. The van der Waals surface area contributed by atoms with Gasteiger partial charge in [0.15, 0.2) is 0 Å². The van der Waals surface area contributed by atoms with Crippen molar-refractivity contribution in [1.82, 2.24) is 4.90 Å². The molecular formula is C13H13NO4S. The third kappa shape index (κ3) is 3.08. The summed E-state index contributed by atoms with van der Waals surface area (Å²) in [5, 5.41) is 8.53. The van der Waals surface area contributed by atoms with Gasteiger partial charge in [-0.2, -0.15) is 0 Å². The number of aliphatic carboxylic acids is 1. The van der Waals surface area contributed by atoms with E-state index < -0.39 is 5.97 Å². The Balaban J connectivity index is 2.06. The van der Waals surface area contributed by atoms with Gasteiger partial charge in [0.05, 0.1) is 6.54 Å². The van der Waals surface area contributed by atoms with Crippen molar-refractivity contribution in [3.8, 4) is 0 Å². The molecule has 100 valence electrons. The molecule has 1 aromatic rings. The Morgan fingerprint density at radius 2 is 2.26 bits per heavy atom. The van der Waals surface area contributed by atoms with Gasteiger partial charge >= 0.3 is 5.97 Å². The van der Waals surface area contributed by atoms with Crippen LogP contribution < -0.4 is 0 Å². The van der Waals surface area contributed by atoms with Crippen molar-refractivity contribution in [2.75, 3.05) is 0 Å². The van der Waals surface area contributed by atoms with E-state index in [-0.39, 0.29) is 30.7 Å². The standard InChI is InChI=1S/C13H13NO4S/c1-8-6-11(15)14(13(8)18)7-10-3-2-9(19-10)4-5-12(16)17/h2-5,8H,6-7H2,1H3,(H,16,17). The summed E-state index contributed by atoms with van der Waals surface area (Å²) >= 11 is 1.37. The second-order valence-corrected chi connectivity index (χ2v) is 5.60. The fourth-order valence-corrected chi connectivity index (χ4v) is 2.80. The molecular weight excluding hydrogens is 266 g/mol. The zero-order valence-electron chi connectivity index (χ0n) is 10.3. The van der Waals surface area contributed by atoms with E-state index in [2.05, 4.69) is 0 Å². The second-order valence-electron chi connectivity index (χ2n) is 4.40. The van der Waals surface area contributed by atoms with Gasteiger partial charge < -0.3 is 5.11 Å². The smallest absolute Gasteiger partial charge is 0.328 e. The minimum atomic E-state index is -1.01. The molecule has 5 nitrogen and oxygen atoms in total. The first-order chi connectivity index (χ1) is 8.97. The van der Waals surface area contributed by atoms with Gasteiger partial charge in [-0.1, -0.05) is 6.92 Å². The van der Waals surface area contributed by atoms with E-state index in [4.69, 9.17) is 5.11 Å². The van der Waals surface area contributed by atoms with Crippen molar-refractivity contribution in [3.63, 3.8) is 0 Å². The normalized spacial score (nSPS) is 19.6. The lowest BCUT2D eigenvalue weighted by molar-refractivity contribution is -0.140. The van der Waals surface area contributed by atoms with Crippen molar-refractivity contribution < 1.29 is 19.5 Å². The van der Waals surface area contributed by atoms with Crippen LogP contribution in [0.5, 0.6) is 0 Å². The molecule has 1 atom stereocenters. The summed E-state index contributed by atoms with van der Waals surface area (Å²) in [5.74, 6) is -1.53. The molecule has 0 bridgehead atoms. The van der Waals surface area contributed by atoms with Gasteiger partial charge in [0.25, 0.3) is 0 Å². The molecule has 1 fully saturated rings. The molecule has 2 amide bonds. The predicted octanol–water partition coefficient (Wildman–Crippen LogP) is 1.74. The Kier molecular flexibility index (Phi) is 3.80. The summed E-state index contributed by atoms with van der Waals surface area (Å²) in [4.78, 5) is 36.7. The molecule has 1 aliphatic rings. The molecule has 0 saturated carbocycles. The maximum absolute atomic E-state index is 11.8. The summed E-state index contributed by atoms with van der Waals surface area (Å²) in [6, 6.07) is 3.57. The summed E-state index contributed by atoms with van der Waals surface area (Å²) in [6.07, 6.45) is 2.83. The van der Waals surface area contributed by atoms with Crippen LogP contribution in [0.2, 0.25) is 0 Å². The number of imide groups is 1. The lowest BCUT2D eigenvalue weighted by Gasteiger charge is -2.12. The molecule has 2 rings (SSSR count). The highest BCUT2D eigenvalue weighted by Gasteiger charge is 2.35. The average molecular weight is 279 g/mol. The van der Waals surface area contributed by atoms with Crippen LogP contribution in [0.3, 0.4) is 0 Å². The van der Waals surface area contributed by atoms with Crippen molar-refractivity contribution in [3.05, 3.63) is 28.0 Å². The largest absolute Gasteiger partial charge is 0.478 e. The number of carbonyl (C=O) groups is 3. The predicted molar refractivity (Wildman–Crippen MR) is 70.3 cm³/mol. The number of nitrogens with zero attached hydrogens (tertiary/aromatic N) is 1. The highest BCUT2D eigenvalue weighted by Crippen LogP contribution is 2.25. The third-order valence-corrected chi connectivity index (χ3v) is 3.89. The molecule has 19 heavy (non-hydrogen) atoms. The number of thiophene rings is 1. The highest BCUT2D eigenvalue weighted by atomic mass is 32.1. The van der Waals surface area contributed by atoms with Crippen molar-refractivity contribution in [2.45, 2.75) is 19.9 Å². The van der Waals surface area contributed by atoms with E-state index in [0.717, 1.165) is 15.8 Å². The fraction of sp³-hybridized carbons (Fsp3) is 0.308. The van der Waals surface area contributed by atoms with Crippen LogP contribution in [0.1, 0.15) is 23.1 Å². The van der Waals surface area contributed by atoms with Crippen LogP contribution in [-0.4, -0.2) is 27.8 Å². The molecule has 1 aromatic heterocycles. The maximum atomic E-state index is 11.8. The lowest BCUT2D eigenvalue weighted by atomic mass is 10.1. The zero-order chi connectivity index (χ0) is 14.0. The molecule has 6 heteroatoms. The summed E-state index contributed by atoms with van der Waals surface area (Å²) in [7, 11) is 0. The van der Waals surface area contributed by atoms with E-state index in [1.807, 2.05) is 0 Å². The van der Waals surface area contributed by atoms with Gasteiger partial charge in [-0.15, -0.1) is 11.3 Å². The van der Waals surface area contributed by atoms with Crippen LogP contribution in [-0.2, 0) is 20.9 Å². The number of amides is 2. The number of hydrogen-bond acceptors (Lipinski definition) is 4. The van der Waals surface area contributed by atoms with E-state index in [1.165, 1.54) is 22.3 Å². The topological polar surface area (TPSA) is 74.7 Å². The number of carboxylic acids is 1. The van der Waals surface area contributed by atoms with Crippen LogP contribution >= 0.6 is 11.3 Å². The summed E-state index contributed by atoms with van der Waals surface area (Å²) in [5.41, 5.74) is 0. The fourth-order valence-electron chi connectivity index (χ4n) is 1.89. The molecule has 2 heterocycles. The second kappa shape index (κ2) is 5.36. The Labute approximate surface area is 114 Å². The van der Waals surface area contributed by atoms with Crippen molar-refractivity contribution in [2.24, 2.45) is 5.92 Å². The van der Waals surface area contributed by atoms with Gasteiger partial charge in [-0.05, 0) is 18.2 Å². The number of carbonyl (C=O) groups excluding carboxylic acids is 2. The van der Waals surface area contributed by atoms with Gasteiger partial charge in [0.2, 0.25) is 11.8 Å². The Morgan fingerprint density at radius 3 is 2.84 bits per heavy atom. The average Bonchev–Trinajstić information content (AvgIpc) is 2.88. The Hall–Kier alpha value is -1.95. The Morgan fingerprint density at radius 1 is 1.53 bits per heavy atom. The molecule has 0 spiro atoms. The minimum absolute atomic E-state index is 0.138. The molecule has 0 radical (unpaired) electrons. The molecule has 1 N–H and O–H groups in total. The van der Waals surface area contributed by atoms with E-state index >= 15 is 0 Å². The Bertz CT molecular complexity index is 561. The van der Waals surface area contributed by atoms with Gasteiger partial charge in [0, 0.05) is 28.2 Å². The van der Waals surface area contributed by atoms with E-state index in [0.29, 0.717) is 0 Å². The number of likely N-dealkylation sites (tertiary alicyclic amines) is 1. The monoisotopic (exact) mass is 279 g/mol. The number of hydrogen-bond donors (Lipinski definition) is 1. The zero-order valence-corrected chi connectivity index (χ0v) is 11.1. The SMILES string of the molecule is CC1CC(=O)N(Cc2ccc(C=CC(=O)O)s2)C1=O. The van der Waals surface area contributed by atoms with Crippen LogP contribution in [0.25, 0.3) is 6.08 Å². The summed E-state index contributed by atoms with van der Waals surface area (Å²) < 4.78 is 0. The van der Waals surface area contributed by atoms with Crippen LogP contribution in [0.15, 0.2) is 18.2 Å². The quantitative estimate of drug-likeness (QED) is 0.673. The van der Waals surface area contributed by atoms with Crippen molar-refractivity contribution >= 4 is 35.2 Å². The van der Waals surface area contributed by atoms with E-state index in [1.54, 1.807) is 19.1 Å². The molecule has 1 unspecified atom stereocenters.